The molecule has 0 unspecified atom stereocenters. The van der Waals surface area contributed by atoms with Gasteiger partial charge in [-0.25, -0.2) is 18.1 Å². The van der Waals surface area contributed by atoms with E-state index >= 15 is 0 Å². The van der Waals surface area contributed by atoms with Crippen LogP contribution in [-0.4, -0.2) is 34.7 Å². The van der Waals surface area contributed by atoms with E-state index in [1.54, 1.807) is 10.9 Å². The van der Waals surface area contributed by atoms with Crippen molar-refractivity contribution in [3.8, 4) is 0 Å². The smallest absolute Gasteiger partial charge is 0.257 e. The Balaban J connectivity index is 1.91. The molecule has 92 valence electrons. The molecule has 0 aliphatic heterocycles. The minimum absolute atomic E-state index is 0.0729. The quantitative estimate of drug-likeness (QED) is 0.764. The zero-order valence-corrected chi connectivity index (χ0v) is 10.1. The summed E-state index contributed by atoms with van der Waals surface area (Å²) in [7, 11) is -1.66. The fraction of sp³-hybridized carbons (Fsp3) is 0.333. The molecule has 0 aromatic carbocycles. The number of sulfonamides is 1. The number of hydrogen-bond acceptors (Lipinski definition) is 4. The number of rotatable bonds is 5. The first-order valence-corrected chi connectivity index (χ1v) is 6.52. The second kappa shape index (κ2) is 4.68. The number of nitrogens with one attached hydrogen (secondary N) is 2. The maximum atomic E-state index is 11.7. The molecule has 2 aromatic rings. The molecule has 0 saturated heterocycles. The van der Waals surface area contributed by atoms with Crippen LogP contribution in [0.5, 0.6) is 0 Å². The van der Waals surface area contributed by atoms with Gasteiger partial charge in [0.15, 0.2) is 5.03 Å². The van der Waals surface area contributed by atoms with Gasteiger partial charge >= 0.3 is 0 Å². The summed E-state index contributed by atoms with van der Waals surface area (Å²) in [5.74, 6) is 0. The van der Waals surface area contributed by atoms with Crippen LogP contribution in [0.4, 0.5) is 0 Å². The van der Waals surface area contributed by atoms with Crippen molar-refractivity contribution in [1.29, 1.82) is 0 Å². The molecule has 0 bridgehead atoms. The topological polar surface area (TPSA) is 92.7 Å². The van der Waals surface area contributed by atoms with Gasteiger partial charge in [-0.2, -0.15) is 5.10 Å². The molecule has 0 atom stereocenters. The monoisotopic (exact) mass is 255 g/mol. The molecule has 0 saturated carbocycles. The molecule has 0 aliphatic carbocycles. The zero-order valence-electron chi connectivity index (χ0n) is 9.29. The van der Waals surface area contributed by atoms with Gasteiger partial charge in [0.2, 0.25) is 0 Å². The molecule has 0 spiro atoms. The third kappa shape index (κ3) is 2.92. The molecule has 17 heavy (non-hydrogen) atoms. The Kier molecular flexibility index (Phi) is 3.25. The van der Waals surface area contributed by atoms with E-state index in [4.69, 9.17) is 0 Å². The third-order valence-corrected chi connectivity index (χ3v) is 3.61. The average Bonchev–Trinajstić information content (AvgIpc) is 2.89. The van der Waals surface area contributed by atoms with E-state index in [1.165, 1.54) is 12.5 Å². The van der Waals surface area contributed by atoms with E-state index in [0.29, 0.717) is 13.0 Å². The number of imidazole rings is 1. The van der Waals surface area contributed by atoms with Crippen molar-refractivity contribution in [3.63, 3.8) is 0 Å². The molecular formula is C9H13N5O2S. The summed E-state index contributed by atoms with van der Waals surface area (Å²) in [5.41, 5.74) is 0.986. The Hall–Kier alpha value is -1.67. The summed E-state index contributed by atoms with van der Waals surface area (Å²) in [4.78, 5) is 6.22. The Bertz CT molecular complexity index is 572. The van der Waals surface area contributed by atoms with Gasteiger partial charge in [-0.3, -0.25) is 4.68 Å². The Labute approximate surface area is 98.9 Å². The lowest BCUT2D eigenvalue weighted by Gasteiger charge is -2.02. The highest BCUT2D eigenvalue weighted by Crippen LogP contribution is 2.02. The summed E-state index contributed by atoms with van der Waals surface area (Å²) < 4.78 is 27.5. The van der Waals surface area contributed by atoms with Crippen LogP contribution in [0.3, 0.4) is 0 Å². The standard InChI is InChI=1S/C9H13N5O2S/c1-14-6-8(4-12-14)2-3-13-17(15,16)9-5-10-7-11-9/h4-7,13H,2-3H2,1H3,(H,10,11). The van der Waals surface area contributed by atoms with Gasteiger partial charge in [-0.1, -0.05) is 0 Å². The number of aryl methyl sites for hydroxylation is 1. The van der Waals surface area contributed by atoms with Gasteiger partial charge in [0.1, 0.15) is 0 Å². The highest BCUT2D eigenvalue weighted by atomic mass is 32.2. The van der Waals surface area contributed by atoms with E-state index in [-0.39, 0.29) is 5.03 Å². The molecule has 0 amide bonds. The van der Waals surface area contributed by atoms with Crippen molar-refractivity contribution >= 4 is 10.0 Å². The van der Waals surface area contributed by atoms with Crippen LogP contribution in [0.15, 0.2) is 29.9 Å². The molecule has 8 heteroatoms. The molecule has 0 aliphatic rings. The van der Waals surface area contributed by atoms with E-state index < -0.39 is 10.0 Å². The average molecular weight is 255 g/mol. The SMILES string of the molecule is Cn1cc(CCNS(=O)(=O)c2cnc[nH]2)cn1. The van der Waals surface area contributed by atoms with Crippen molar-refractivity contribution in [2.75, 3.05) is 6.54 Å². The second-order valence-electron chi connectivity index (χ2n) is 3.59. The van der Waals surface area contributed by atoms with Crippen LogP contribution in [0.25, 0.3) is 0 Å². The molecule has 0 radical (unpaired) electrons. The molecular weight excluding hydrogens is 242 g/mol. The number of nitrogens with zero attached hydrogens (tertiary/aromatic N) is 3. The van der Waals surface area contributed by atoms with E-state index in [0.717, 1.165) is 5.56 Å². The van der Waals surface area contributed by atoms with Gasteiger partial charge in [0.25, 0.3) is 10.0 Å². The first-order valence-electron chi connectivity index (χ1n) is 5.03. The van der Waals surface area contributed by atoms with Gasteiger partial charge in [-0.05, 0) is 12.0 Å². The van der Waals surface area contributed by atoms with E-state index in [2.05, 4.69) is 19.8 Å². The van der Waals surface area contributed by atoms with Crippen LogP contribution < -0.4 is 4.72 Å². The lowest BCUT2D eigenvalue weighted by atomic mass is 10.3. The van der Waals surface area contributed by atoms with Crippen molar-refractivity contribution in [2.24, 2.45) is 7.05 Å². The first-order chi connectivity index (χ1) is 8.08. The summed E-state index contributed by atoms with van der Waals surface area (Å²) in [6, 6.07) is 0. The predicted octanol–water partition coefficient (Wildman–Crippen LogP) is -0.336. The summed E-state index contributed by atoms with van der Waals surface area (Å²) >= 11 is 0. The summed E-state index contributed by atoms with van der Waals surface area (Å²) in [6.07, 6.45) is 6.76. The number of hydrogen-bond donors (Lipinski definition) is 2. The van der Waals surface area contributed by atoms with Crippen LogP contribution >= 0.6 is 0 Å². The van der Waals surface area contributed by atoms with Crippen LogP contribution in [-0.2, 0) is 23.5 Å². The third-order valence-electron chi connectivity index (χ3n) is 2.23. The maximum Gasteiger partial charge on any atom is 0.257 e. The molecule has 7 nitrogen and oxygen atoms in total. The summed E-state index contributed by atoms with van der Waals surface area (Å²) in [5, 5.41) is 4.08. The molecule has 0 fully saturated rings. The summed E-state index contributed by atoms with van der Waals surface area (Å²) in [6.45, 7) is 0.326. The number of aromatic nitrogens is 4. The Morgan fingerprint density at radius 1 is 1.47 bits per heavy atom. The molecule has 2 heterocycles. The van der Waals surface area contributed by atoms with E-state index in [9.17, 15) is 8.42 Å². The minimum atomic E-state index is -3.48. The molecule has 2 aromatic heterocycles. The lowest BCUT2D eigenvalue weighted by Crippen LogP contribution is -2.26. The molecule has 2 rings (SSSR count). The zero-order chi connectivity index (χ0) is 12.3. The van der Waals surface area contributed by atoms with Gasteiger partial charge in [0.05, 0.1) is 18.7 Å². The fourth-order valence-electron chi connectivity index (χ4n) is 1.40. The predicted molar refractivity (Wildman–Crippen MR) is 60.7 cm³/mol. The number of aromatic amines is 1. The highest BCUT2D eigenvalue weighted by molar-refractivity contribution is 7.89. The van der Waals surface area contributed by atoms with Gasteiger partial charge in [-0.15, -0.1) is 0 Å². The minimum Gasteiger partial charge on any atom is -0.335 e. The number of H-pyrrole nitrogens is 1. The molecule has 2 N–H and O–H groups in total. The van der Waals surface area contributed by atoms with E-state index in [1.807, 2.05) is 13.2 Å². The van der Waals surface area contributed by atoms with Crippen molar-refractivity contribution < 1.29 is 8.42 Å². The van der Waals surface area contributed by atoms with Crippen LogP contribution in [0, 0.1) is 0 Å². The van der Waals surface area contributed by atoms with Gasteiger partial charge in [0, 0.05) is 19.8 Å². The van der Waals surface area contributed by atoms with Crippen LogP contribution in [0.2, 0.25) is 0 Å². The van der Waals surface area contributed by atoms with Crippen LogP contribution in [0.1, 0.15) is 5.56 Å². The highest BCUT2D eigenvalue weighted by Gasteiger charge is 2.14. The van der Waals surface area contributed by atoms with Crippen molar-refractivity contribution in [2.45, 2.75) is 11.4 Å². The Morgan fingerprint density at radius 3 is 2.88 bits per heavy atom. The largest absolute Gasteiger partial charge is 0.335 e. The Morgan fingerprint density at radius 2 is 2.29 bits per heavy atom. The maximum absolute atomic E-state index is 11.7. The second-order valence-corrected chi connectivity index (χ2v) is 5.32. The lowest BCUT2D eigenvalue weighted by molar-refractivity contribution is 0.578. The van der Waals surface area contributed by atoms with Gasteiger partial charge < -0.3 is 4.98 Å². The van der Waals surface area contributed by atoms with Crippen molar-refractivity contribution in [3.05, 3.63) is 30.5 Å². The first kappa shape index (κ1) is 11.8. The fourth-order valence-corrected chi connectivity index (χ4v) is 2.33. The van der Waals surface area contributed by atoms with Crippen molar-refractivity contribution in [1.82, 2.24) is 24.5 Å². The normalized spacial score (nSPS) is 11.8.